The van der Waals surface area contributed by atoms with E-state index in [0.717, 1.165) is 11.4 Å². The molecule has 196 valence electrons. The van der Waals surface area contributed by atoms with Crippen LogP contribution in [0.4, 0.5) is 9.59 Å². The van der Waals surface area contributed by atoms with E-state index in [4.69, 9.17) is 32.7 Å². The van der Waals surface area contributed by atoms with Crippen molar-refractivity contribution in [1.29, 1.82) is 0 Å². The fraction of sp³-hybridized carbons (Fsp3) is 0.650. The van der Waals surface area contributed by atoms with E-state index < -0.39 is 58.2 Å². The molecule has 15 heteroatoms. The number of rotatable bonds is 13. The number of aromatic nitrogens is 4. The second-order valence-corrected chi connectivity index (χ2v) is 9.86. The lowest BCUT2D eigenvalue weighted by Gasteiger charge is -2.20. The van der Waals surface area contributed by atoms with E-state index in [0.29, 0.717) is 12.1 Å². The topological polar surface area (TPSA) is 159 Å². The second-order valence-electron chi connectivity index (χ2n) is 7.87. The van der Waals surface area contributed by atoms with E-state index in [9.17, 15) is 14.2 Å². The van der Waals surface area contributed by atoms with Crippen molar-refractivity contribution < 1.29 is 46.9 Å². The molecule has 1 unspecified atom stereocenters. The highest BCUT2D eigenvalue weighted by Gasteiger charge is 2.29. The van der Waals surface area contributed by atoms with Crippen LogP contribution in [0.25, 0.3) is 5.65 Å². The van der Waals surface area contributed by atoms with E-state index in [2.05, 4.69) is 15.1 Å². The normalized spacial score (nSPS) is 12.7. The lowest BCUT2D eigenvalue weighted by atomic mass is 10.2. The number of fused-ring (bicyclic) bond motifs is 1. The molecule has 0 aromatic carbocycles. The number of carbonyl (C=O) groups excluding carboxylic acids is 2. The Morgan fingerprint density at radius 3 is 2.09 bits per heavy atom. The predicted octanol–water partition coefficient (Wildman–Crippen LogP) is 3.60. The van der Waals surface area contributed by atoms with Crippen molar-refractivity contribution in [2.45, 2.75) is 66.3 Å². The predicted molar refractivity (Wildman–Crippen MR) is 120 cm³/mol. The number of imidazole rings is 1. The van der Waals surface area contributed by atoms with Gasteiger partial charge in [0.2, 0.25) is 13.6 Å². The molecule has 0 radical (unpaired) electrons. The molecule has 0 aliphatic rings. The van der Waals surface area contributed by atoms with Crippen LogP contribution in [0.5, 0.6) is 0 Å². The Balaban J connectivity index is 1.95. The quantitative estimate of drug-likeness (QED) is 0.215. The van der Waals surface area contributed by atoms with Gasteiger partial charge in [-0.1, -0.05) is 0 Å². The molecule has 0 aliphatic carbocycles. The minimum Gasteiger partial charge on any atom is -0.432 e. The molecule has 0 bridgehead atoms. The zero-order chi connectivity index (χ0) is 26.0. The minimum atomic E-state index is -4.04. The fourth-order valence-corrected chi connectivity index (χ4v) is 3.65. The number of hydrogen-bond acceptors (Lipinski definition) is 13. The molecule has 0 fully saturated rings. The summed E-state index contributed by atoms with van der Waals surface area (Å²) in [5, 5.41) is 4.18. The summed E-state index contributed by atoms with van der Waals surface area (Å²) < 4.78 is 49.8. The first-order valence-corrected chi connectivity index (χ1v) is 12.5. The van der Waals surface area contributed by atoms with Crippen LogP contribution in [0.1, 0.15) is 46.0 Å². The standard InChI is InChI=1S/C20H31N4O10P/c1-13(2)33-19(25)28-10-31-35(27,32-11-29-20(26)34-14(3)4)12-30-15(5)7-17-8-21-18-16(6)22-9-23-24(17)18/h8-9,13-15H,7,10-12H2,1-6H3. The SMILES string of the molecule is Cc1ncnn2c(CC(C)OCP(=O)(OCOC(=O)OC(C)C)OCOC(=O)OC(C)C)cnc12. The van der Waals surface area contributed by atoms with Gasteiger partial charge in [-0.15, -0.1) is 0 Å². The summed E-state index contributed by atoms with van der Waals surface area (Å²) in [7, 11) is -4.04. The van der Waals surface area contributed by atoms with Crippen molar-refractivity contribution >= 4 is 25.6 Å². The van der Waals surface area contributed by atoms with Crippen LogP contribution < -0.4 is 0 Å². The van der Waals surface area contributed by atoms with E-state index in [1.54, 1.807) is 45.3 Å². The Labute approximate surface area is 202 Å². The molecular formula is C20H31N4O10P. The maximum atomic E-state index is 13.1. The van der Waals surface area contributed by atoms with Crippen LogP contribution in [-0.4, -0.2) is 70.1 Å². The highest BCUT2D eigenvalue weighted by atomic mass is 31.2. The Hall–Kier alpha value is -2.80. The molecule has 14 nitrogen and oxygen atoms in total. The zero-order valence-electron chi connectivity index (χ0n) is 20.5. The van der Waals surface area contributed by atoms with Gasteiger partial charge in [0.05, 0.1) is 35.9 Å². The van der Waals surface area contributed by atoms with Crippen molar-refractivity contribution in [3.8, 4) is 0 Å². The van der Waals surface area contributed by atoms with Gasteiger partial charge >= 0.3 is 19.9 Å². The Kier molecular flexibility index (Phi) is 10.8. The van der Waals surface area contributed by atoms with Gasteiger partial charge in [-0.3, -0.25) is 13.6 Å². The van der Waals surface area contributed by atoms with Gasteiger partial charge in [0, 0.05) is 6.42 Å². The molecule has 0 aliphatic heterocycles. The van der Waals surface area contributed by atoms with Gasteiger partial charge in [0.15, 0.2) is 5.65 Å². The third-order valence-corrected chi connectivity index (χ3v) is 5.54. The van der Waals surface area contributed by atoms with Crippen LogP contribution in [0.2, 0.25) is 0 Å². The average molecular weight is 518 g/mol. The zero-order valence-corrected chi connectivity index (χ0v) is 21.4. The molecule has 2 aromatic rings. The maximum Gasteiger partial charge on any atom is 0.510 e. The third-order valence-electron chi connectivity index (χ3n) is 4.08. The number of carbonyl (C=O) groups is 2. The van der Waals surface area contributed by atoms with Crippen molar-refractivity contribution in [1.82, 2.24) is 19.6 Å². The summed E-state index contributed by atoms with van der Waals surface area (Å²) in [4.78, 5) is 31.4. The van der Waals surface area contributed by atoms with E-state index >= 15 is 0 Å². The number of aryl methyl sites for hydroxylation is 1. The molecule has 0 saturated carbocycles. The van der Waals surface area contributed by atoms with E-state index in [1.807, 2.05) is 6.92 Å². The first-order valence-electron chi connectivity index (χ1n) is 10.8. The summed E-state index contributed by atoms with van der Waals surface area (Å²) >= 11 is 0. The Morgan fingerprint density at radius 2 is 1.54 bits per heavy atom. The Morgan fingerprint density at radius 1 is 0.971 bits per heavy atom. The van der Waals surface area contributed by atoms with Crippen LogP contribution in [0.3, 0.4) is 0 Å². The van der Waals surface area contributed by atoms with Gasteiger partial charge in [-0.2, -0.15) is 5.10 Å². The first kappa shape index (κ1) is 28.4. The molecule has 0 N–H and O–H groups in total. The van der Waals surface area contributed by atoms with Crippen molar-refractivity contribution in [2.75, 3.05) is 19.9 Å². The molecule has 0 spiro atoms. The van der Waals surface area contributed by atoms with Crippen LogP contribution in [-0.2, 0) is 43.7 Å². The van der Waals surface area contributed by atoms with Gasteiger partial charge in [0.1, 0.15) is 12.7 Å². The highest BCUT2D eigenvalue weighted by molar-refractivity contribution is 7.53. The average Bonchev–Trinajstić information content (AvgIpc) is 3.15. The lowest BCUT2D eigenvalue weighted by molar-refractivity contribution is -0.0364. The van der Waals surface area contributed by atoms with Crippen molar-refractivity contribution in [2.24, 2.45) is 0 Å². The van der Waals surface area contributed by atoms with Crippen LogP contribution in [0.15, 0.2) is 12.5 Å². The molecule has 1 atom stereocenters. The monoisotopic (exact) mass is 518 g/mol. The summed E-state index contributed by atoms with van der Waals surface area (Å²) in [5.74, 6) is 0. The van der Waals surface area contributed by atoms with Gasteiger partial charge in [-0.05, 0) is 41.5 Å². The second kappa shape index (κ2) is 13.3. The molecule has 2 heterocycles. The molecule has 35 heavy (non-hydrogen) atoms. The molecular weight excluding hydrogens is 487 g/mol. The van der Waals surface area contributed by atoms with Gasteiger partial charge in [-0.25, -0.2) is 24.1 Å². The molecule has 2 rings (SSSR count). The van der Waals surface area contributed by atoms with E-state index in [1.165, 1.54) is 6.33 Å². The van der Waals surface area contributed by atoms with Gasteiger partial charge < -0.3 is 23.7 Å². The smallest absolute Gasteiger partial charge is 0.432 e. The summed E-state index contributed by atoms with van der Waals surface area (Å²) in [6, 6.07) is 0. The van der Waals surface area contributed by atoms with Gasteiger partial charge in [0.25, 0.3) is 0 Å². The first-order chi connectivity index (χ1) is 16.5. The lowest BCUT2D eigenvalue weighted by Crippen LogP contribution is -2.19. The molecule has 2 aromatic heterocycles. The Bertz CT molecular complexity index is 996. The number of hydrogen-bond donors (Lipinski definition) is 0. The summed E-state index contributed by atoms with van der Waals surface area (Å²) in [6.07, 6.45) is -0.409. The largest absolute Gasteiger partial charge is 0.510 e. The van der Waals surface area contributed by atoms with Crippen molar-refractivity contribution in [3.05, 3.63) is 23.9 Å². The third kappa shape index (κ3) is 9.76. The highest BCUT2D eigenvalue weighted by Crippen LogP contribution is 2.48. The molecule has 0 amide bonds. The fourth-order valence-electron chi connectivity index (χ4n) is 2.56. The van der Waals surface area contributed by atoms with Crippen LogP contribution >= 0.6 is 7.60 Å². The maximum absolute atomic E-state index is 13.1. The summed E-state index contributed by atoms with van der Waals surface area (Å²) in [5.41, 5.74) is 2.08. The van der Waals surface area contributed by atoms with E-state index in [-0.39, 0.29) is 0 Å². The van der Waals surface area contributed by atoms with Crippen molar-refractivity contribution in [3.63, 3.8) is 0 Å². The number of nitrogens with zero attached hydrogens (tertiary/aromatic N) is 4. The number of ether oxygens (including phenoxy) is 5. The summed E-state index contributed by atoms with van der Waals surface area (Å²) in [6.45, 7) is 8.63. The van der Waals surface area contributed by atoms with Crippen LogP contribution in [0, 0.1) is 6.92 Å². The minimum absolute atomic E-state index is 0.367. The molecule has 0 saturated heterocycles.